The summed E-state index contributed by atoms with van der Waals surface area (Å²) in [6.07, 6.45) is 0. The predicted molar refractivity (Wildman–Crippen MR) is 84.9 cm³/mol. The van der Waals surface area contributed by atoms with Crippen LogP contribution in [0.2, 0.25) is 0 Å². The van der Waals surface area contributed by atoms with Crippen LogP contribution in [-0.2, 0) is 11.4 Å². The van der Waals surface area contributed by atoms with Crippen LogP contribution in [0.15, 0.2) is 21.8 Å². The van der Waals surface area contributed by atoms with Gasteiger partial charge >= 0.3 is 0 Å². The van der Waals surface area contributed by atoms with Crippen molar-refractivity contribution >= 4 is 21.6 Å². The minimum atomic E-state index is 0.263. The third kappa shape index (κ3) is 3.87. The van der Waals surface area contributed by atoms with Crippen molar-refractivity contribution in [3.05, 3.63) is 22.2 Å². The highest BCUT2D eigenvalue weighted by atomic mass is 79.9. The molecule has 1 unspecified atom stereocenters. The van der Waals surface area contributed by atoms with E-state index in [4.69, 9.17) is 20.0 Å². The number of hydrogen-bond acceptors (Lipinski definition) is 6. The summed E-state index contributed by atoms with van der Waals surface area (Å²) >= 11 is 3.49. The fourth-order valence-corrected chi connectivity index (χ4v) is 2.59. The van der Waals surface area contributed by atoms with Gasteiger partial charge in [-0.05, 0) is 12.1 Å². The Bertz CT molecular complexity index is 522. The van der Waals surface area contributed by atoms with Gasteiger partial charge in [0.05, 0.1) is 19.9 Å². The van der Waals surface area contributed by atoms with Crippen molar-refractivity contribution in [3.8, 4) is 11.5 Å². The number of nitrogens with zero attached hydrogens (tertiary/aromatic N) is 1. The van der Waals surface area contributed by atoms with Gasteiger partial charge in [-0.1, -0.05) is 21.1 Å². The second-order valence-electron chi connectivity index (χ2n) is 4.72. The van der Waals surface area contributed by atoms with Crippen molar-refractivity contribution in [2.75, 3.05) is 33.9 Å². The SMILES string of the molecule is COc1cc(Br)c(CO/N=C2\CNCC2CN)cc1OC. The Kier molecular flexibility index (Phi) is 5.84. The molecule has 1 fully saturated rings. The van der Waals surface area contributed by atoms with E-state index in [1.807, 2.05) is 12.1 Å². The van der Waals surface area contributed by atoms with Crippen LogP contribution in [0, 0.1) is 5.92 Å². The molecule has 0 bridgehead atoms. The minimum absolute atomic E-state index is 0.263. The Morgan fingerprint density at radius 3 is 2.71 bits per heavy atom. The average molecular weight is 358 g/mol. The van der Waals surface area contributed by atoms with Crippen LogP contribution in [0.3, 0.4) is 0 Å². The lowest BCUT2D eigenvalue weighted by Crippen LogP contribution is -2.22. The van der Waals surface area contributed by atoms with E-state index in [9.17, 15) is 0 Å². The number of hydrogen-bond donors (Lipinski definition) is 2. The number of nitrogens with one attached hydrogen (secondary N) is 1. The van der Waals surface area contributed by atoms with Crippen molar-refractivity contribution in [1.29, 1.82) is 0 Å². The Labute approximate surface area is 132 Å². The van der Waals surface area contributed by atoms with E-state index in [-0.39, 0.29) is 5.92 Å². The van der Waals surface area contributed by atoms with Crippen molar-refractivity contribution in [3.63, 3.8) is 0 Å². The molecule has 2 rings (SSSR count). The fourth-order valence-electron chi connectivity index (χ4n) is 2.15. The maximum absolute atomic E-state index is 5.69. The molecule has 0 radical (unpaired) electrons. The fraction of sp³-hybridized carbons (Fsp3) is 0.500. The molecule has 0 amide bonds. The summed E-state index contributed by atoms with van der Waals surface area (Å²) in [5, 5.41) is 7.42. The number of halogens is 1. The van der Waals surface area contributed by atoms with Gasteiger partial charge in [0.1, 0.15) is 6.61 Å². The summed E-state index contributed by atoms with van der Waals surface area (Å²) in [4.78, 5) is 5.46. The monoisotopic (exact) mass is 357 g/mol. The molecule has 0 spiro atoms. The van der Waals surface area contributed by atoms with E-state index in [2.05, 4.69) is 26.4 Å². The van der Waals surface area contributed by atoms with Gasteiger partial charge in [0.15, 0.2) is 11.5 Å². The van der Waals surface area contributed by atoms with Crippen LogP contribution < -0.4 is 20.5 Å². The quantitative estimate of drug-likeness (QED) is 0.754. The van der Waals surface area contributed by atoms with Crippen molar-refractivity contribution < 1.29 is 14.3 Å². The molecular formula is C14H20BrN3O3. The van der Waals surface area contributed by atoms with E-state index in [0.717, 1.165) is 28.8 Å². The van der Waals surface area contributed by atoms with E-state index in [0.29, 0.717) is 24.7 Å². The van der Waals surface area contributed by atoms with Gasteiger partial charge in [0.2, 0.25) is 0 Å². The topological polar surface area (TPSA) is 78.1 Å². The third-order valence-corrected chi connectivity index (χ3v) is 4.15. The maximum Gasteiger partial charge on any atom is 0.161 e. The molecule has 1 saturated heterocycles. The van der Waals surface area contributed by atoms with Gasteiger partial charge < -0.3 is 25.4 Å². The van der Waals surface area contributed by atoms with E-state index in [1.165, 1.54) is 0 Å². The molecule has 1 heterocycles. The van der Waals surface area contributed by atoms with Crippen LogP contribution in [-0.4, -0.2) is 39.6 Å². The standard InChI is InChI=1S/C14H20BrN3O3/c1-19-13-3-9(11(15)4-14(13)20-2)8-21-18-12-7-17-6-10(12)5-16/h3-4,10,17H,5-8,16H2,1-2H3/b18-12+. The van der Waals surface area contributed by atoms with Crippen LogP contribution >= 0.6 is 15.9 Å². The van der Waals surface area contributed by atoms with Gasteiger partial charge in [-0.15, -0.1) is 0 Å². The highest BCUT2D eigenvalue weighted by Crippen LogP contribution is 2.33. The maximum atomic E-state index is 5.69. The number of ether oxygens (including phenoxy) is 2. The normalized spacial score (nSPS) is 19.8. The molecule has 0 aromatic heterocycles. The number of rotatable bonds is 6. The first kappa shape index (κ1) is 16.1. The Hall–Kier alpha value is -1.31. The van der Waals surface area contributed by atoms with E-state index < -0.39 is 0 Å². The van der Waals surface area contributed by atoms with E-state index >= 15 is 0 Å². The van der Waals surface area contributed by atoms with E-state index in [1.54, 1.807) is 14.2 Å². The van der Waals surface area contributed by atoms with Crippen LogP contribution in [0.1, 0.15) is 5.56 Å². The number of nitrogens with two attached hydrogens (primary N) is 1. The molecule has 3 N–H and O–H groups in total. The predicted octanol–water partition coefficient (Wildman–Crippen LogP) is 1.52. The Morgan fingerprint density at radius 2 is 2.05 bits per heavy atom. The van der Waals surface area contributed by atoms with Gasteiger partial charge in [0.25, 0.3) is 0 Å². The summed E-state index contributed by atoms with van der Waals surface area (Å²) in [6, 6.07) is 3.72. The second kappa shape index (κ2) is 7.63. The smallest absolute Gasteiger partial charge is 0.161 e. The Balaban J connectivity index is 2.04. The molecule has 0 aliphatic carbocycles. The largest absolute Gasteiger partial charge is 0.493 e. The summed E-state index contributed by atoms with van der Waals surface area (Å²) in [5.74, 6) is 1.59. The first-order valence-corrected chi connectivity index (χ1v) is 7.48. The molecule has 1 aliphatic rings. The van der Waals surface area contributed by atoms with Crippen molar-refractivity contribution in [2.24, 2.45) is 16.8 Å². The van der Waals surface area contributed by atoms with Crippen LogP contribution in [0.5, 0.6) is 11.5 Å². The highest BCUT2D eigenvalue weighted by molar-refractivity contribution is 9.10. The average Bonchev–Trinajstić information content (AvgIpc) is 2.95. The van der Waals surface area contributed by atoms with Gasteiger partial charge in [0, 0.05) is 35.6 Å². The zero-order valence-electron chi connectivity index (χ0n) is 12.2. The first-order chi connectivity index (χ1) is 10.2. The molecule has 1 aromatic carbocycles. The molecular weight excluding hydrogens is 338 g/mol. The number of methoxy groups -OCH3 is 2. The molecule has 0 saturated carbocycles. The van der Waals surface area contributed by atoms with Gasteiger partial charge in [-0.2, -0.15) is 0 Å². The lowest BCUT2D eigenvalue weighted by atomic mass is 10.1. The Morgan fingerprint density at radius 1 is 1.33 bits per heavy atom. The molecule has 6 nitrogen and oxygen atoms in total. The number of oxime groups is 1. The molecule has 7 heteroatoms. The van der Waals surface area contributed by atoms with Crippen molar-refractivity contribution in [2.45, 2.75) is 6.61 Å². The molecule has 1 atom stereocenters. The third-order valence-electron chi connectivity index (χ3n) is 3.41. The molecule has 1 aromatic rings. The van der Waals surface area contributed by atoms with Crippen LogP contribution in [0.25, 0.3) is 0 Å². The number of benzene rings is 1. The van der Waals surface area contributed by atoms with Crippen LogP contribution in [0.4, 0.5) is 0 Å². The second-order valence-corrected chi connectivity index (χ2v) is 5.57. The summed E-state index contributed by atoms with van der Waals surface area (Å²) in [7, 11) is 3.21. The van der Waals surface area contributed by atoms with Gasteiger partial charge in [-0.3, -0.25) is 0 Å². The lowest BCUT2D eigenvalue weighted by Gasteiger charge is -2.11. The molecule has 116 valence electrons. The summed E-state index contributed by atoms with van der Waals surface area (Å²) in [6.45, 7) is 2.52. The highest BCUT2D eigenvalue weighted by Gasteiger charge is 2.21. The first-order valence-electron chi connectivity index (χ1n) is 6.69. The zero-order valence-corrected chi connectivity index (χ0v) is 13.8. The minimum Gasteiger partial charge on any atom is -0.493 e. The van der Waals surface area contributed by atoms with Crippen molar-refractivity contribution in [1.82, 2.24) is 5.32 Å². The molecule has 21 heavy (non-hydrogen) atoms. The zero-order chi connectivity index (χ0) is 15.2. The summed E-state index contributed by atoms with van der Waals surface area (Å²) < 4.78 is 11.4. The lowest BCUT2D eigenvalue weighted by molar-refractivity contribution is 0.128. The molecule has 1 aliphatic heterocycles. The van der Waals surface area contributed by atoms with Gasteiger partial charge in [-0.25, -0.2) is 0 Å². The summed E-state index contributed by atoms with van der Waals surface area (Å²) in [5.41, 5.74) is 7.59.